The minimum Gasteiger partial charge on any atom is -0.496 e. The lowest BCUT2D eigenvalue weighted by molar-refractivity contribution is 0.366. The third-order valence-corrected chi connectivity index (χ3v) is 5.71. The summed E-state index contributed by atoms with van der Waals surface area (Å²) in [5, 5.41) is 3.48. The van der Waals surface area contributed by atoms with E-state index in [1.807, 2.05) is 30.9 Å². The molecule has 0 amide bonds. The summed E-state index contributed by atoms with van der Waals surface area (Å²) in [7, 11) is 6.80. The fourth-order valence-corrected chi connectivity index (χ4v) is 4.26. The minimum absolute atomic E-state index is 0. The van der Waals surface area contributed by atoms with Gasteiger partial charge in [0, 0.05) is 54.9 Å². The molecule has 1 aliphatic rings. The van der Waals surface area contributed by atoms with Gasteiger partial charge in [0.2, 0.25) is 0 Å². The van der Waals surface area contributed by atoms with Crippen molar-refractivity contribution in [3.63, 3.8) is 0 Å². The lowest BCUT2D eigenvalue weighted by Gasteiger charge is -2.39. The van der Waals surface area contributed by atoms with Gasteiger partial charge < -0.3 is 24.4 Å². The number of ether oxygens (including phenoxy) is 3. The molecule has 1 aromatic rings. The van der Waals surface area contributed by atoms with E-state index in [0.717, 1.165) is 60.6 Å². The molecule has 0 aliphatic carbocycles. The number of methoxy groups -OCH3 is 3. The fraction of sp³-hybridized carbons (Fsp3) is 0.632. The van der Waals surface area contributed by atoms with Crippen molar-refractivity contribution < 1.29 is 14.2 Å². The average Bonchev–Trinajstić information content (AvgIpc) is 2.63. The Morgan fingerprint density at radius 3 is 2.30 bits per heavy atom. The molecular weight excluding hydrogens is 477 g/mol. The molecule has 1 fully saturated rings. The Morgan fingerprint density at radius 2 is 1.81 bits per heavy atom. The van der Waals surface area contributed by atoms with Crippen LogP contribution < -0.4 is 19.5 Å². The zero-order chi connectivity index (χ0) is 19.2. The minimum atomic E-state index is 0. The summed E-state index contributed by atoms with van der Waals surface area (Å²) in [5.41, 5.74) is 1.02. The van der Waals surface area contributed by atoms with Gasteiger partial charge in [0.25, 0.3) is 0 Å². The maximum atomic E-state index is 5.53. The summed E-state index contributed by atoms with van der Waals surface area (Å²) in [6.45, 7) is 7.32. The van der Waals surface area contributed by atoms with E-state index in [9.17, 15) is 0 Å². The van der Waals surface area contributed by atoms with E-state index in [4.69, 9.17) is 14.2 Å². The molecule has 1 aromatic carbocycles. The summed E-state index contributed by atoms with van der Waals surface area (Å²) < 4.78 is 16.6. The predicted octanol–water partition coefficient (Wildman–Crippen LogP) is 3.28. The third kappa shape index (κ3) is 6.51. The zero-order valence-corrected chi connectivity index (χ0v) is 20.3. The Morgan fingerprint density at radius 1 is 1.19 bits per heavy atom. The standard InChI is InChI=1S/C19H31N3O3S.HI/c1-19(2)13-22(9-10-26-19)18(20-3)21-8-7-15-16(24-5)11-14(23-4)12-17(15)25-6;/h11-12H,7-10,13H2,1-6H3,(H,20,21);1H. The Bertz CT molecular complexity index is 616. The molecule has 0 spiro atoms. The van der Waals surface area contributed by atoms with Crippen LogP contribution in [0.2, 0.25) is 0 Å². The second-order valence-corrected chi connectivity index (χ2v) is 8.57. The van der Waals surface area contributed by atoms with Crippen LogP contribution in [0.3, 0.4) is 0 Å². The van der Waals surface area contributed by atoms with Gasteiger partial charge in [0.1, 0.15) is 17.2 Å². The van der Waals surface area contributed by atoms with Gasteiger partial charge in [-0.05, 0) is 20.3 Å². The van der Waals surface area contributed by atoms with Crippen LogP contribution >= 0.6 is 35.7 Å². The molecule has 0 atom stereocenters. The highest BCUT2D eigenvalue weighted by atomic mass is 127. The summed E-state index contributed by atoms with van der Waals surface area (Å²) in [6.07, 6.45) is 0.765. The van der Waals surface area contributed by atoms with E-state index >= 15 is 0 Å². The molecule has 1 heterocycles. The molecule has 0 saturated carbocycles. The molecule has 6 nitrogen and oxygen atoms in total. The highest BCUT2D eigenvalue weighted by Gasteiger charge is 2.28. The molecule has 154 valence electrons. The highest BCUT2D eigenvalue weighted by molar-refractivity contribution is 14.0. The Balaban J connectivity index is 0.00000364. The molecule has 1 aliphatic heterocycles. The molecular formula is C19H32IN3O3S. The fourth-order valence-electron chi connectivity index (χ4n) is 3.15. The maximum absolute atomic E-state index is 5.53. The second-order valence-electron chi connectivity index (χ2n) is 6.76. The van der Waals surface area contributed by atoms with E-state index in [2.05, 4.69) is 29.1 Å². The Hall–Kier alpha value is -1.03. The number of rotatable bonds is 6. The van der Waals surface area contributed by atoms with Crippen LogP contribution in [-0.4, -0.2) is 69.4 Å². The van der Waals surface area contributed by atoms with Crippen molar-refractivity contribution in [1.82, 2.24) is 10.2 Å². The van der Waals surface area contributed by atoms with Crippen LogP contribution in [0.25, 0.3) is 0 Å². The van der Waals surface area contributed by atoms with Gasteiger partial charge in [-0.15, -0.1) is 24.0 Å². The molecule has 0 unspecified atom stereocenters. The normalized spacial score (nSPS) is 16.4. The SMILES string of the molecule is CN=C(NCCc1c(OC)cc(OC)cc1OC)N1CCSC(C)(C)C1.I. The van der Waals surface area contributed by atoms with E-state index in [-0.39, 0.29) is 28.7 Å². The number of halogens is 1. The lowest BCUT2D eigenvalue weighted by Crippen LogP contribution is -2.51. The van der Waals surface area contributed by atoms with Crippen LogP contribution in [0.5, 0.6) is 17.2 Å². The number of benzene rings is 1. The van der Waals surface area contributed by atoms with Gasteiger partial charge in [-0.2, -0.15) is 11.8 Å². The van der Waals surface area contributed by atoms with Crippen molar-refractivity contribution in [3.05, 3.63) is 17.7 Å². The van der Waals surface area contributed by atoms with Crippen LogP contribution in [0.4, 0.5) is 0 Å². The molecule has 0 radical (unpaired) electrons. The van der Waals surface area contributed by atoms with Crippen molar-refractivity contribution in [2.45, 2.75) is 25.0 Å². The topological polar surface area (TPSA) is 55.3 Å². The Kier molecular flexibility index (Phi) is 9.86. The predicted molar refractivity (Wildman–Crippen MR) is 125 cm³/mol. The molecule has 1 N–H and O–H groups in total. The van der Waals surface area contributed by atoms with Crippen molar-refractivity contribution >= 4 is 41.7 Å². The maximum Gasteiger partial charge on any atom is 0.193 e. The second kappa shape index (κ2) is 11.1. The van der Waals surface area contributed by atoms with Gasteiger partial charge in [-0.3, -0.25) is 4.99 Å². The number of hydrogen-bond donors (Lipinski definition) is 1. The summed E-state index contributed by atoms with van der Waals surface area (Å²) in [5.74, 6) is 4.33. The summed E-state index contributed by atoms with van der Waals surface area (Å²) in [6, 6.07) is 3.77. The number of aliphatic imine (C=N–C) groups is 1. The van der Waals surface area contributed by atoms with Crippen LogP contribution in [0.1, 0.15) is 19.4 Å². The quantitative estimate of drug-likeness (QED) is 0.361. The number of hydrogen-bond acceptors (Lipinski definition) is 5. The van der Waals surface area contributed by atoms with Crippen molar-refractivity contribution in [1.29, 1.82) is 0 Å². The molecule has 0 bridgehead atoms. The first kappa shape index (κ1) is 24.0. The van der Waals surface area contributed by atoms with Crippen LogP contribution in [0.15, 0.2) is 17.1 Å². The first-order valence-corrected chi connectivity index (χ1v) is 9.81. The van der Waals surface area contributed by atoms with E-state index < -0.39 is 0 Å². The van der Waals surface area contributed by atoms with Crippen molar-refractivity contribution in [3.8, 4) is 17.2 Å². The molecule has 2 rings (SSSR count). The molecule has 27 heavy (non-hydrogen) atoms. The molecule has 8 heteroatoms. The van der Waals surface area contributed by atoms with Crippen molar-refractivity contribution in [2.24, 2.45) is 4.99 Å². The molecule has 1 saturated heterocycles. The van der Waals surface area contributed by atoms with Gasteiger partial charge in [0.15, 0.2) is 5.96 Å². The Labute approximate surface area is 184 Å². The number of nitrogens with one attached hydrogen (secondary N) is 1. The first-order chi connectivity index (χ1) is 12.4. The number of guanidine groups is 1. The van der Waals surface area contributed by atoms with Gasteiger partial charge in [0.05, 0.1) is 21.3 Å². The van der Waals surface area contributed by atoms with Gasteiger partial charge >= 0.3 is 0 Å². The summed E-state index contributed by atoms with van der Waals surface area (Å²) >= 11 is 2.02. The zero-order valence-electron chi connectivity index (χ0n) is 17.1. The number of nitrogens with zero attached hydrogens (tertiary/aromatic N) is 2. The van der Waals surface area contributed by atoms with Gasteiger partial charge in [-0.1, -0.05) is 0 Å². The third-order valence-electron chi connectivity index (χ3n) is 4.41. The average molecular weight is 509 g/mol. The van der Waals surface area contributed by atoms with E-state index in [1.165, 1.54) is 0 Å². The monoisotopic (exact) mass is 509 g/mol. The van der Waals surface area contributed by atoms with Crippen LogP contribution in [0, 0.1) is 0 Å². The van der Waals surface area contributed by atoms with Gasteiger partial charge in [-0.25, -0.2) is 0 Å². The van der Waals surface area contributed by atoms with Crippen LogP contribution in [-0.2, 0) is 6.42 Å². The number of thioether (sulfide) groups is 1. The summed E-state index contributed by atoms with van der Waals surface area (Å²) in [4.78, 5) is 6.79. The van der Waals surface area contributed by atoms with Crippen molar-refractivity contribution in [2.75, 3.05) is 53.8 Å². The smallest absolute Gasteiger partial charge is 0.193 e. The lowest BCUT2D eigenvalue weighted by atomic mass is 10.1. The largest absolute Gasteiger partial charge is 0.496 e. The molecule has 0 aromatic heterocycles. The van der Waals surface area contributed by atoms with E-state index in [0.29, 0.717) is 0 Å². The first-order valence-electron chi connectivity index (χ1n) is 8.82. The van der Waals surface area contributed by atoms with E-state index in [1.54, 1.807) is 21.3 Å². The highest BCUT2D eigenvalue weighted by Crippen LogP contribution is 2.34.